The third-order valence-electron chi connectivity index (χ3n) is 3.63. The molecule has 30 heavy (non-hydrogen) atoms. The number of nitrogens with two attached hydrogens (primary N) is 1. The predicted molar refractivity (Wildman–Crippen MR) is 118 cm³/mol. The standard InChI is InChI=1S/C19H19NO.C2H7NO.H2O4S/c1-15(14-16-8-3-2-4-9-16)20-21-19-13-7-11-17-10-5-6-12-18(17)19;3-1-2-4;1-5(2,3)4/h2-13,15,20H,14H2,1H3;4H,1-3H2;(H2,1,2,3,4). The van der Waals surface area contributed by atoms with Gasteiger partial charge in [-0.15, -0.1) is 0 Å². The molecule has 0 fully saturated rings. The van der Waals surface area contributed by atoms with Crippen molar-refractivity contribution in [2.24, 2.45) is 5.73 Å². The maximum absolute atomic E-state index is 8.74. The Morgan fingerprint density at radius 1 is 0.967 bits per heavy atom. The molecule has 0 saturated heterocycles. The zero-order valence-corrected chi connectivity index (χ0v) is 17.5. The number of aliphatic hydroxyl groups is 1. The predicted octanol–water partition coefficient (Wildman–Crippen LogP) is 2.64. The van der Waals surface area contributed by atoms with Gasteiger partial charge in [0.1, 0.15) is 0 Å². The van der Waals surface area contributed by atoms with Gasteiger partial charge in [-0.05, 0) is 30.4 Å². The largest absolute Gasteiger partial charge is 0.408 e. The summed E-state index contributed by atoms with van der Waals surface area (Å²) in [5.74, 6) is 0.869. The molecule has 0 radical (unpaired) electrons. The molecular formula is C21H28N2O6S. The van der Waals surface area contributed by atoms with Crippen LogP contribution in [0.25, 0.3) is 10.8 Å². The van der Waals surface area contributed by atoms with Gasteiger partial charge in [0, 0.05) is 18.0 Å². The minimum Gasteiger partial charge on any atom is -0.408 e. The van der Waals surface area contributed by atoms with Gasteiger partial charge in [-0.3, -0.25) is 9.11 Å². The average molecular weight is 437 g/mol. The second-order valence-electron chi connectivity index (χ2n) is 6.25. The molecule has 0 aliphatic heterocycles. The minimum atomic E-state index is -4.67. The molecular weight excluding hydrogens is 408 g/mol. The van der Waals surface area contributed by atoms with Gasteiger partial charge in [0.25, 0.3) is 0 Å². The number of fused-ring (bicyclic) bond motifs is 1. The summed E-state index contributed by atoms with van der Waals surface area (Å²) in [6.45, 7) is 2.60. The van der Waals surface area contributed by atoms with E-state index in [4.69, 9.17) is 33.2 Å². The molecule has 0 aromatic heterocycles. The lowest BCUT2D eigenvalue weighted by Gasteiger charge is -2.15. The van der Waals surface area contributed by atoms with Crippen molar-refractivity contribution in [2.45, 2.75) is 19.4 Å². The van der Waals surface area contributed by atoms with Crippen molar-refractivity contribution in [1.29, 1.82) is 0 Å². The van der Waals surface area contributed by atoms with E-state index in [9.17, 15) is 0 Å². The van der Waals surface area contributed by atoms with Crippen LogP contribution in [0.1, 0.15) is 12.5 Å². The molecule has 0 heterocycles. The van der Waals surface area contributed by atoms with E-state index in [1.165, 1.54) is 10.9 Å². The Kier molecular flexibility index (Phi) is 11.6. The van der Waals surface area contributed by atoms with E-state index >= 15 is 0 Å². The summed E-state index contributed by atoms with van der Waals surface area (Å²) in [6.07, 6.45) is 0.936. The fourth-order valence-corrected chi connectivity index (χ4v) is 2.46. The van der Waals surface area contributed by atoms with Gasteiger partial charge in [-0.2, -0.15) is 13.9 Å². The van der Waals surface area contributed by atoms with Crippen molar-refractivity contribution in [3.8, 4) is 5.75 Å². The van der Waals surface area contributed by atoms with E-state index in [0.29, 0.717) is 6.54 Å². The first-order chi connectivity index (χ1) is 14.2. The molecule has 9 heteroatoms. The number of hydrogen-bond donors (Lipinski definition) is 5. The van der Waals surface area contributed by atoms with Crippen LogP contribution in [-0.2, 0) is 16.8 Å². The number of hydroxylamine groups is 1. The first-order valence-corrected chi connectivity index (χ1v) is 10.6. The van der Waals surface area contributed by atoms with Crippen molar-refractivity contribution >= 4 is 21.2 Å². The molecule has 0 aliphatic rings. The molecule has 0 bridgehead atoms. The Morgan fingerprint density at radius 2 is 1.50 bits per heavy atom. The number of nitrogens with one attached hydrogen (secondary N) is 1. The van der Waals surface area contributed by atoms with Gasteiger partial charge in [0.15, 0.2) is 5.75 Å². The van der Waals surface area contributed by atoms with E-state index in [0.717, 1.165) is 17.6 Å². The molecule has 6 N–H and O–H groups in total. The molecule has 1 atom stereocenters. The SMILES string of the molecule is CC(Cc1ccccc1)NOc1cccc2ccccc12.NCCO.O=S(=O)(O)O. The van der Waals surface area contributed by atoms with Crippen LogP contribution in [-0.4, -0.2) is 41.8 Å². The van der Waals surface area contributed by atoms with Gasteiger partial charge >= 0.3 is 10.4 Å². The quantitative estimate of drug-likeness (QED) is 0.293. The summed E-state index contributed by atoms with van der Waals surface area (Å²) < 4.78 is 31.6. The fraction of sp³-hybridized carbons (Fsp3) is 0.238. The van der Waals surface area contributed by atoms with E-state index in [1.54, 1.807) is 0 Å². The van der Waals surface area contributed by atoms with Crippen LogP contribution in [0.2, 0.25) is 0 Å². The summed E-state index contributed by atoms with van der Waals surface area (Å²) in [7, 11) is -4.67. The molecule has 3 aromatic carbocycles. The molecule has 0 aliphatic carbocycles. The highest BCUT2D eigenvalue weighted by Crippen LogP contribution is 2.24. The zero-order valence-electron chi connectivity index (χ0n) is 16.7. The monoisotopic (exact) mass is 436 g/mol. The van der Waals surface area contributed by atoms with Crippen LogP contribution in [0.15, 0.2) is 72.8 Å². The van der Waals surface area contributed by atoms with E-state index in [-0.39, 0.29) is 12.6 Å². The van der Waals surface area contributed by atoms with Crippen molar-refractivity contribution in [2.75, 3.05) is 13.2 Å². The Labute approximate surface area is 176 Å². The van der Waals surface area contributed by atoms with Crippen LogP contribution in [0, 0.1) is 0 Å². The van der Waals surface area contributed by atoms with Crippen molar-refractivity contribution < 1.29 is 27.5 Å². The second kappa shape index (κ2) is 13.6. The number of hydrogen-bond acceptors (Lipinski definition) is 6. The zero-order chi connectivity index (χ0) is 22.4. The van der Waals surface area contributed by atoms with Gasteiger partial charge in [0.05, 0.1) is 6.61 Å². The average Bonchev–Trinajstić information content (AvgIpc) is 2.72. The lowest BCUT2D eigenvalue weighted by atomic mass is 10.1. The smallest absolute Gasteiger partial charge is 0.394 e. The Hall–Kier alpha value is -2.53. The molecule has 1 unspecified atom stereocenters. The number of aliphatic hydroxyl groups excluding tert-OH is 1. The molecule has 164 valence electrons. The first-order valence-electron chi connectivity index (χ1n) is 9.19. The summed E-state index contributed by atoms with van der Waals surface area (Å²) in [6, 6.07) is 25.0. The molecule has 0 spiro atoms. The van der Waals surface area contributed by atoms with Crippen molar-refractivity contribution in [3.63, 3.8) is 0 Å². The third kappa shape index (κ3) is 11.5. The maximum Gasteiger partial charge on any atom is 0.394 e. The van der Waals surface area contributed by atoms with Gasteiger partial charge in [-0.1, -0.05) is 66.7 Å². The van der Waals surface area contributed by atoms with Crippen molar-refractivity contribution in [1.82, 2.24) is 5.48 Å². The molecule has 0 saturated carbocycles. The normalized spacial score (nSPS) is 11.5. The lowest BCUT2D eigenvalue weighted by Crippen LogP contribution is -2.31. The summed E-state index contributed by atoms with van der Waals surface area (Å²) in [4.78, 5) is 5.80. The Balaban J connectivity index is 0.000000425. The molecule has 8 nitrogen and oxygen atoms in total. The Bertz CT molecular complexity index is 952. The van der Waals surface area contributed by atoms with Gasteiger partial charge < -0.3 is 15.7 Å². The van der Waals surface area contributed by atoms with Crippen LogP contribution >= 0.6 is 0 Å². The lowest BCUT2D eigenvalue weighted by molar-refractivity contribution is 0.164. The van der Waals surface area contributed by atoms with Crippen LogP contribution < -0.4 is 16.1 Å². The minimum absolute atomic E-state index is 0.0972. The summed E-state index contributed by atoms with van der Waals surface area (Å²) >= 11 is 0. The summed E-state index contributed by atoms with van der Waals surface area (Å²) in [5, 5.41) is 10.1. The number of benzene rings is 3. The van der Waals surface area contributed by atoms with Crippen molar-refractivity contribution in [3.05, 3.63) is 78.4 Å². The summed E-state index contributed by atoms with van der Waals surface area (Å²) in [5.41, 5.74) is 9.22. The topological polar surface area (TPSA) is 142 Å². The van der Waals surface area contributed by atoms with Gasteiger partial charge in [-0.25, -0.2) is 0 Å². The van der Waals surface area contributed by atoms with E-state index in [1.807, 2.05) is 30.3 Å². The Morgan fingerprint density at radius 3 is 2.10 bits per heavy atom. The molecule has 3 aromatic rings. The molecule has 3 rings (SSSR count). The van der Waals surface area contributed by atoms with E-state index < -0.39 is 10.4 Å². The highest BCUT2D eigenvalue weighted by Gasteiger charge is 2.06. The third-order valence-corrected chi connectivity index (χ3v) is 3.63. The van der Waals surface area contributed by atoms with Crippen LogP contribution in [0.4, 0.5) is 0 Å². The first kappa shape index (κ1) is 25.5. The van der Waals surface area contributed by atoms with Gasteiger partial charge in [0.2, 0.25) is 0 Å². The fourth-order valence-electron chi connectivity index (χ4n) is 2.46. The van der Waals surface area contributed by atoms with Crippen LogP contribution in [0.3, 0.4) is 0 Å². The van der Waals surface area contributed by atoms with E-state index in [2.05, 4.69) is 54.9 Å². The highest BCUT2D eigenvalue weighted by atomic mass is 32.3. The van der Waals surface area contributed by atoms with Crippen LogP contribution in [0.5, 0.6) is 5.75 Å². The number of rotatable bonds is 6. The maximum atomic E-state index is 8.74. The highest BCUT2D eigenvalue weighted by molar-refractivity contribution is 7.79. The molecule has 0 amide bonds. The second-order valence-corrected chi connectivity index (χ2v) is 7.14.